The molecule has 1 rings (SSSR count). The summed E-state index contributed by atoms with van der Waals surface area (Å²) < 4.78 is 4.90. The lowest BCUT2D eigenvalue weighted by molar-refractivity contribution is -0.142. The van der Waals surface area contributed by atoms with Crippen LogP contribution in [0.3, 0.4) is 0 Å². The van der Waals surface area contributed by atoms with Crippen molar-refractivity contribution in [1.29, 1.82) is 0 Å². The largest absolute Gasteiger partial charge is 0.461 e. The maximum absolute atomic E-state index is 10.6. The molecule has 0 bridgehead atoms. The van der Waals surface area contributed by atoms with E-state index in [1.54, 1.807) is 0 Å². The molecule has 0 unspecified atom stereocenters. The summed E-state index contributed by atoms with van der Waals surface area (Å²) in [7, 11) is 1.99. The van der Waals surface area contributed by atoms with Crippen molar-refractivity contribution in [3.8, 4) is 0 Å². The zero-order valence-corrected chi connectivity index (χ0v) is 10.3. The number of carbonyl (C=O) groups excluding carboxylic acids is 1. The van der Waals surface area contributed by atoms with Crippen molar-refractivity contribution < 1.29 is 9.53 Å². The second-order valence-electron chi connectivity index (χ2n) is 3.56. The highest BCUT2D eigenvalue weighted by atomic mass is 35.5. The smallest absolute Gasteiger partial charge is 0.302 e. The zero-order chi connectivity index (χ0) is 12.0. The van der Waals surface area contributed by atoms with E-state index in [-0.39, 0.29) is 5.97 Å². The number of hydrogen-bond acceptors (Lipinski definition) is 3. The van der Waals surface area contributed by atoms with Gasteiger partial charge in [-0.1, -0.05) is 12.1 Å². The number of benzene rings is 1. The van der Waals surface area contributed by atoms with Gasteiger partial charge in [-0.05, 0) is 17.7 Å². The molecule has 1 aromatic carbocycles. The minimum absolute atomic E-state index is 0.261. The summed E-state index contributed by atoms with van der Waals surface area (Å²) in [5.74, 6) is 0.342. The van der Waals surface area contributed by atoms with Gasteiger partial charge in [0.2, 0.25) is 0 Å². The van der Waals surface area contributed by atoms with E-state index in [0.29, 0.717) is 12.5 Å². The van der Waals surface area contributed by atoms with Gasteiger partial charge in [0.25, 0.3) is 0 Å². The molecule has 0 radical (unpaired) electrons. The lowest BCUT2D eigenvalue weighted by atomic mass is 10.2. The van der Waals surface area contributed by atoms with Crippen LogP contribution in [0.5, 0.6) is 0 Å². The van der Waals surface area contributed by atoms with Gasteiger partial charge >= 0.3 is 5.97 Å². The van der Waals surface area contributed by atoms with E-state index in [2.05, 4.69) is 4.90 Å². The fourth-order valence-corrected chi connectivity index (χ4v) is 1.54. The summed E-state index contributed by atoms with van der Waals surface area (Å²) in [6.07, 6.45) is 0. The Morgan fingerprint density at radius 2 is 2.00 bits per heavy atom. The highest BCUT2D eigenvalue weighted by Crippen LogP contribution is 2.14. The van der Waals surface area contributed by atoms with E-state index in [1.807, 2.05) is 31.3 Å². The molecule has 0 spiro atoms. The zero-order valence-electron chi connectivity index (χ0n) is 9.57. The molecule has 0 saturated carbocycles. The fourth-order valence-electron chi connectivity index (χ4n) is 1.29. The minimum atomic E-state index is -0.261. The fraction of sp³-hybridized carbons (Fsp3) is 0.417. The first kappa shape index (κ1) is 12.8. The van der Waals surface area contributed by atoms with Gasteiger partial charge in [0.1, 0.15) is 6.61 Å². The molecule has 0 aliphatic carbocycles. The Morgan fingerprint density at radius 3 is 2.50 bits per heavy atom. The van der Waals surface area contributed by atoms with Crippen molar-refractivity contribution in [2.24, 2.45) is 0 Å². The van der Waals surface area contributed by atoms with Crippen molar-refractivity contribution in [1.82, 2.24) is 0 Å². The molecule has 0 aliphatic rings. The molecule has 0 heterocycles. The van der Waals surface area contributed by atoms with Crippen molar-refractivity contribution >= 4 is 23.3 Å². The van der Waals surface area contributed by atoms with Gasteiger partial charge in [-0.25, -0.2) is 0 Å². The summed E-state index contributed by atoms with van der Waals surface area (Å²) in [5, 5.41) is 0. The number of anilines is 1. The van der Waals surface area contributed by atoms with Crippen molar-refractivity contribution in [2.75, 3.05) is 24.4 Å². The predicted molar refractivity (Wildman–Crippen MR) is 65.9 cm³/mol. The van der Waals surface area contributed by atoms with Crippen LogP contribution >= 0.6 is 11.6 Å². The van der Waals surface area contributed by atoms with E-state index in [0.717, 1.165) is 17.8 Å². The standard InChI is InChI=1S/C12H16ClNO2/c1-10(15)16-9-11-3-5-12(6-4-11)14(2)8-7-13/h3-6H,7-9H2,1-2H3. The Labute approximate surface area is 101 Å². The second-order valence-corrected chi connectivity index (χ2v) is 3.94. The Kier molecular flexibility index (Phi) is 5.12. The molecule has 0 fully saturated rings. The second kappa shape index (κ2) is 6.38. The molecule has 0 saturated heterocycles. The average Bonchev–Trinajstić information content (AvgIpc) is 2.27. The van der Waals surface area contributed by atoms with Crippen LogP contribution < -0.4 is 4.90 Å². The molecule has 0 atom stereocenters. The quantitative estimate of drug-likeness (QED) is 0.586. The summed E-state index contributed by atoms with van der Waals surface area (Å²) in [4.78, 5) is 12.7. The summed E-state index contributed by atoms with van der Waals surface area (Å²) in [5.41, 5.74) is 2.09. The van der Waals surface area contributed by atoms with Crippen molar-refractivity contribution in [3.63, 3.8) is 0 Å². The van der Waals surface area contributed by atoms with Crippen LogP contribution in [0, 0.1) is 0 Å². The van der Waals surface area contributed by atoms with Gasteiger partial charge < -0.3 is 9.64 Å². The predicted octanol–water partition coefficient (Wildman–Crippen LogP) is 2.42. The molecule has 16 heavy (non-hydrogen) atoms. The van der Waals surface area contributed by atoms with Gasteiger partial charge in [0, 0.05) is 32.1 Å². The Bertz CT molecular complexity index is 337. The third kappa shape index (κ3) is 4.11. The Balaban J connectivity index is 2.57. The Morgan fingerprint density at radius 1 is 1.38 bits per heavy atom. The lowest BCUT2D eigenvalue weighted by Gasteiger charge is -2.17. The third-order valence-electron chi connectivity index (χ3n) is 2.24. The summed E-state index contributed by atoms with van der Waals surface area (Å²) >= 11 is 5.66. The third-order valence-corrected chi connectivity index (χ3v) is 2.41. The molecule has 0 N–H and O–H groups in total. The topological polar surface area (TPSA) is 29.5 Å². The average molecular weight is 242 g/mol. The van der Waals surface area contributed by atoms with E-state index in [9.17, 15) is 4.79 Å². The van der Waals surface area contributed by atoms with E-state index < -0.39 is 0 Å². The molecular weight excluding hydrogens is 226 g/mol. The van der Waals surface area contributed by atoms with Crippen LogP contribution in [-0.2, 0) is 16.1 Å². The van der Waals surface area contributed by atoms with Crippen LogP contribution in [-0.4, -0.2) is 25.4 Å². The number of alkyl halides is 1. The first-order chi connectivity index (χ1) is 7.63. The van der Waals surface area contributed by atoms with Gasteiger partial charge in [-0.2, -0.15) is 0 Å². The molecule has 0 aromatic heterocycles. The molecule has 0 amide bonds. The summed E-state index contributed by atoms with van der Waals surface area (Å²) in [6, 6.07) is 7.88. The number of ether oxygens (including phenoxy) is 1. The first-order valence-electron chi connectivity index (χ1n) is 5.13. The Hall–Kier alpha value is -1.22. The first-order valence-corrected chi connectivity index (χ1v) is 5.66. The highest BCUT2D eigenvalue weighted by Gasteiger charge is 2.01. The normalized spacial score (nSPS) is 9.94. The lowest BCUT2D eigenvalue weighted by Crippen LogP contribution is -2.19. The van der Waals surface area contributed by atoms with Crippen LogP contribution in [0.1, 0.15) is 12.5 Å². The van der Waals surface area contributed by atoms with Crippen LogP contribution in [0.25, 0.3) is 0 Å². The number of carbonyl (C=O) groups is 1. The van der Waals surface area contributed by atoms with Gasteiger partial charge in [0.05, 0.1) is 0 Å². The SMILES string of the molecule is CC(=O)OCc1ccc(N(C)CCCl)cc1. The number of nitrogens with zero attached hydrogens (tertiary/aromatic N) is 1. The number of esters is 1. The van der Waals surface area contributed by atoms with Crippen molar-refractivity contribution in [3.05, 3.63) is 29.8 Å². The van der Waals surface area contributed by atoms with Crippen molar-refractivity contribution in [2.45, 2.75) is 13.5 Å². The van der Waals surface area contributed by atoms with E-state index in [4.69, 9.17) is 16.3 Å². The van der Waals surface area contributed by atoms with Crippen LogP contribution in [0.4, 0.5) is 5.69 Å². The minimum Gasteiger partial charge on any atom is -0.461 e. The monoisotopic (exact) mass is 241 g/mol. The molecule has 1 aromatic rings. The summed E-state index contributed by atoms with van der Waals surface area (Å²) in [6.45, 7) is 2.54. The van der Waals surface area contributed by atoms with Gasteiger partial charge in [-0.15, -0.1) is 11.6 Å². The maximum atomic E-state index is 10.6. The molecule has 88 valence electrons. The van der Waals surface area contributed by atoms with Crippen LogP contribution in [0.2, 0.25) is 0 Å². The number of hydrogen-bond donors (Lipinski definition) is 0. The maximum Gasteiger partial charge on any atom is 0.302 e. The number of rotatable bonds is 5. The van der Waals surface area contributed by atoms with Gasteiger partial charge in [-0.3, -0.25) is 4.79 Å². The van der Waals surface area contributed by atoms with Crippen LogP contribution in [0.15, 0.2) is 24.3 Å². The van der Waals surface area contributed by atoms with Gasteiger partial charge in [0.15, 0.2) is 0 Å². The van der Waals surface area contributed by atoms with E-state index in [1.165, 1.54) is 6.92 Å². The molecule has 0 aliphatic heterocycles. The molecule has 3 nitrogen and oxygen atoms in total. The highest BCUT2D eigenvalue weighted by molar-refractivity contribution is 6.18. The molecule has 4 heteroatoms. The molecular formula is C12H16ClNO2. The van der Waals surface area contributed by atoms with E-state index >= 15 is 0 Å². The number of halogens is 1.